The van der Waals surface area contributed by atoms with E-state index in [4.69, 9.17) is 0 Å². The van der Waals surface area contributed by atoms with Gasteiger partial charge in [0.2, 0.25) is 0 Å². The van der Waals surface area contributed by atoms with Crippen LogP contribution < -0.4 is 5.32 Å². The quantitative estimate of drug-likeness (QED) is 0.483. The van der Waals surface area contributed by atoms with Crippen molar-refractivity contribution in [1.29, 1.82) is 0 Å². The summed E-state index contributed by atoms with van der Waals surface area (Å²) in [6, 6.07) is 3.60. The molecule has 0 amide bonds. The maximum absolute atomic E-state index is 13.4. The third-order valence-corrected chi connectivity index (χ3v) is 3.02. The second-order valence-corrected chi connectivity index (χ2v) is 4.72. The minimum Gasteiger partial charge on any atom is -0.329 e. The minimum atomic E-state index is -0.607. The zero-order valence-corrected chi connectivity index (χ0v) is 11.8. The Kier molecular flexibility index (Phi) is 4.99. The van der Waals surface area contributed by atoms with Crippen LogP contribution in [0.1, 0.15) is 24.7 Å². The van der Waals surface area contributed by atoms with Crippen LogP contribution in [0, 0.1) is 15.9 Å². The van der Waals surface area contributed by atoms with E-state index in [0.29, 0.717) is 18.7 Å². The molecule has 1 heterocycles. The van der Waals surface area contributed by atoms with Gasteiger partial charge < -0.3 is 9.88 Å². The van der Waals surface area contributed by atoms with Crippen molar-refractivity contribution in [3.05, 3.63) is 57.9 Å². The summed E-state index contributed by atoms with van der Waals surface area (Å²) >= 11 is 0. The fourth-order valence-electron chi connectivity index (χ4n) is 2.05. The molecule has 0 saturated carbocycles. The van der Waals surface area contributed by atoms with Crippen LogP contribution in [-0.2, 0) is 13.1 Å². The largest absolute Gasteiger partial charge is 0.329 e. The molecular weight excluding hydrogens is 275 g/mol. The molecule has 1 aromatic heterocycles. The molecule has 0 radical (unpaired) electrons. The Balaban J connectivity index is 2.15. The second-order valence-electron chi connectivity index (χ2n) is 4.72. The zero-order valence-electron chi connectivity index (χ0n) is 11.8. The van der Waals surface area contributed by atoms with E-state index in [2.05, 4.69) is 17.2 Å². The van der Waals surface area contributed by atoms with Crippen LogP contribution in [0.3, 0.4) is 0 Å². The van der Waals surface area contributed by atoms with Crippen molar-refractivity contribution in [1.82, 2.24) is 14.9 Å². The van der Waals surface area contributed by atoms with Gasteiger partial charge in [-0.3, -0.25) is 10.1 Å². The Bertz CT molecular complexity index is 627. The molecule has 2 aromatic rings. The van der Waals surface area contributed by atoms with E-state index < -0.39 is 10.7 Å². The van der Waals surface area contributed by atoms with Crippen molar-refractivity contribution in [3.63, 3.8) is 0 Å². The Hall–Kier alpha value is -2.28. The van der Waals surface area contributed by atoms with Gasteiger partial charge in [-0.25, -0.2) is 9.37 Å². The van der Waals surface area contributed by atoms with Crippen LogP contribution in [0.15, 0.2) is 30.6 Å². The van der Waals surface area contributed by atoms with E-state index in [1.165, 1.54) is 12.1 Å². The first-order chi connectivity index (χ1) is 10.1. The number of nitrogens with one attached hydrogen (secondary N) is 1. The van der Waals surface area contributed by atoms with E-state index in [9.17, 15) is 14.5 Å². The van der Waals surface area contributed by atoms with Gasteiger partial charge in [0.05, 0.1) is 17.5 Å². The molecule has 1 aromatic carbocycles. The van der Waals surface area contributed by atoms with Crippen molar-refractivity contribution in [3.8, 4) is 0 Å². The number of nitro benzene ring substituents is 1. The molecule has 1 N–H and O–H groups in total. The molecular formula is C14H17FN4O2. The summed E-state index contributed by atoms with van der Waals surface area (Å²) in [5.41, 5.74) is 0.298. The average molecular weight is 292 g/mol. The van der Waals surface area contributed by atoms with E-state index in [-0.39, 0.29) is 5.69 Å². The molecule has 7 heteroatoms. The summed E-state index contributed by atoms with van der Waals surface area (Å²) in [6.45, 7) is 3.92. The van der Waals surface area contributed by atoms with Crippen LogP contribution in [0.2, 0.25) is 0 Å². The maximum atomic E-state index is 13.4. The highest BCUT2D eigenvalue weighted by atomic mass is 19.1. The smallest absolute Gasteiger partial charge is 0.272 e. The fourth-order valence-corrected chi connectivity index (χ4v) is 2.05. The Morgan fingerprint density at radius 3 is 2.95 bits per heavy atom. The number of aromatic nitrogens is 2. The van der Waals surface area contributed by atoms with Crippen molar-refractivity contribution >= 4 is 5.69 Å². The SMILES string of the molecule is CCCNCc1nccn1Cc1cc(F)cc([N+](=O)[O-])c1. The first-order valence-electron chi connectivity index (χ1n) is 6.74. The number of non-ortho nitro benzene ring substituents is 1. The van der Waals surface area contributed by atoms with Crippen LogP contribution in [-0.4, -0.2) is 21.0 Å². The summed E-state index contributed by atoms with van der Waals surface area (Å²) in [5, 5.41) is 14.0. The second kappa shape index (κ2) is 6.94. The van der Waals surface area contributed by atoms with Crippen LogP contribution >= 0.6 is 0 Å². The molecule has 21 heavy (non-hydrogen) atoms. The van der Waals surface area contributed by atoms with Crippen molar-refractivity contribution in [2.24, 2.45) is 0 Å². The van der Waals surface area contributed by atoms with Gasteiger partial charge in [-0.15, -0.1) is 0 Å². The average Bonchev–Trinajstić information content (AvgIpc) is 2.86. The molecule has 0 aliphatic carbocycles. The molecule has 0 saturated heterocycles. The predicted molar refractivity (Wildman–Crippen MR) is 76.4 cm³/mol. The van der Waals surface area contributed by atoms with Crippen LogP contribution in [0.4, 0.5) is 10.1 Å². The highest BCUT2D eigenvalue weighted by Gasteiger charge is 2.11. The summed E-state index contributed by atoms with van der Waals surface area (Å²) in [6.07, 6.45) is 4.47. The molecule has 0 fully saturated rings. The maximum Gasteiger partial charge on any atom is 0.272 e. The van der Waals surface area contributed by atoms with Crippen molar-refractivity contribution < 1.29 is 9.31 Å². The lowest BCUT2D eigenvalue weighted by atomic mass is 10.2. The number of benzene rings is 1. The van der Waals surface area contributed by atoms with Crippen molar-refractivity contribution in [2.45, 2.75) is 26.4 Å². The van der Waals surface area contributed by atoms with Crippen LogP contribution in [0.5, 0.6) is 0 Å². The topological polar surface area (TPSA) is 73.0 Å². The van der Waals surface area contributed by atoms with Gasteiger partial charge in [-0.1, -0.05) is 6.92 Å². The monoisotopic (exact) mass is 292 g/mol. The lowest BCUT2D eigenvalue weighted by molar-refractivity contribution is -0.385. The third kappa shape index (κ3) is 4.09. The van der Waals surface area contributed by atoms with Gasteiger partial charge in [-0.2, -0.15) is 0 Å². The highest BCUT2D eigenvalue weighted by Crippen LogP contribution is 2.17. The van der Waals surface area contributed by atoms with E-state index in [1.54, 1.807) is 12.4 Å². The fraction of sp³-hybridized carbons (Fsp3) is 0.357. The highest BCUT2D eigenvalue weighted by molar-refractivity contribution is 5.35. The Labute approximate surface area is 121 Å². The molecule has 2 rings (SSSR count). The molecule has 0 aliphatic rings. The number of halogens is 1. The normalized spacial score (nSPS) is 10.8. The molecule has 0 aliphatic heterocycles. The number of hydrogen-bond donors (Lipinski definition) is 1. The first-order valence-corrected chi connectivity index (χ1v) is 6.74. The van der Waals surface area contributed by atoms with Gasteiger partial charge in [0.1, 0.15) is 11.6 Å². The molecule has 0 unspecified atom stereocenters. The molecule has 112 valence electrons. The first kappa shape index (κ1) is 15.1. The van der Waals surface area contributed by atoms with Crippen molar-refractivity contribution in [2.75, 3.05) is 6.54 Å². The minimum absolute atomic E-state index is 0.240. The standard InChI is InChI=1S/C14H17FN4O2/c1-2-3-16-9-14-17-4-5-18(14)10-11-6-12(15)8-13(7-11)19(20)21/h4-8,16H,2-3,9-10H2,1H3. The van der Waals surface area contributed by atoms with E-state index in [1.807, 2.05) is 4.57 Å². The van der Waals surface area contributed by atoms with Gasteiger partial charge in [0, 0.05) is 25.0 Å². The lowest BCUT2D eigenvalue weighted by Crippen LogP contribution is -2.18. The number of nitro groups is 1. The van der Waals surface area contributed by atoms with Crippen LogP contribution in [0.25, 0.3) is 0 Å². The number of rotatable bonds is 7. The number of hydrogen-bond acceptors (Lipinski definition) is 4. The molecule has 0 spiro atoms. The number of nitrogens with zero attached hydrogens (tertiary/aromatic N) is 3. The summed E-state index contributed by atoms with van der Waals surface area (Å²) in [5.74, 6) is 0.209. The molecule has 6 nitrogen and oxygen atoms in total. The summed E-state index contributed by atoms with van der Waals surface area (Å²) in [7, 11) is 0. The predicted octanol–water partition coefficient (Wildman–Crippen LogP) is 2.48. The van der Waals surface area contributed by atoms with Gasteiger partial charge in [0.25, 0.3) is 5.69 Å². The summed E-state index contributed by atoms with van der Waals surface area (Å²) in [4.78, 5) is 14.4. The lowest BCUT2D eigenvalue weighted by Gasteiger charge is -2.09. The number of imidazole rings is 1. The summed E-state index contributed by atoms with van der Waals surface area (Å²) < 4.78 is 15.3. The molecule has 0 bridgehead atoms. The van der Waals surface area contributed by atoms with E-state index >= 15 is 0 Å². The zero-order chi connectivity index (χ0) is 15.2. The Morgan fingerprint density at radius 2 is 2.24 bits per heavy atom. The van der Waals surface area contributed by atoms with Gasteiger partial charge in [0.15, 0.2) is 0 Å². The third-order valence-electron chi connectivity index (χ3n) is 3.02. The van der Waals surface area contributed by atoms with Gasteiger partial charge >= 0.3 is 0 Å². The molecule has 0 atom stereocenters. The Morgan fingerprint density at radius 1 is 1.43 bits per heavy atom. The van der Waals surface area contributed by atoms with E-state index in [0.717, 1.165) is 24.9 Å². The van der Waals surface area contributed by atoms with Gasteiger partial charge in [-0.05, 0) is 24.6 Å².